The topological polar surface area (TPSA) is 68.0 Å². The molecule has 0 amide bonds. The van der Waals surface area contributed by atoms with Crippen LogP contribution in [0.5, 0.6) is 0 Å². The van der Waals surface area contributed by atoms with Gasteiger partial charge >= 0.3 is 12.1 Å². The van der Waals surface area contributed by atoms with Crippen molar-refractivity contribution in [3.8, 4) is 0 Å². The first kappa shape index (κ1) is 14.0. The maximum atomic E-state index is 12.6. The van der Waals surface area contributed by atoms with Gasteiger partial charge in [0.05, 0.1) is 17.8 Å². The third kappa shape index (κ3) is 2.79. The molecule has 106 valence electrons. The van der Waals surface area contributed by atoms with E-state index >= 15 is 0 Å². The fourth-order valence-electron chi connectivity index (χ4n) is 1.73. The lowest BCUT2D eigenvalue weighted by Gasteiger charge is -2.09. The summed E-state index contributed by atoms with van der Waals surface area (Å²) in [5.74, 6) is -1.22. The second-order valence-corrected chi connectivity index (χ2v) is 4.18. The van der Waals surface area contributed by atoms with E-state index in [1.54, 1.807) is 0 Å². The van der Waals surface area contributed by atoms with Gasteiger partial charge in [-0.25, -0.2) is 9.48 Å². The number of nitrogens with zero attached hydrogens (tertiary/aromatic N) is 3. The van der Waals surface area contributed by atoms with Gasteiger partial charge in [-0.15, -0.1) is 5.10 Å². The number of carbonyl (C=O) groups is 1. The van der Waals surface area contributed by atoms with E-state index in [9.17, 15) is 18.0 Å². The lowest BCUT2D eigenvalue weighted by Crippen LogP contribution is -2.09. The third-order valence-electron chi connectivity index (χ3n) is 2.77. The Labute approximate surface area is 111 Å². The molecule has 0 aliphatic rings. The molecule has 0 unspecified atom stereocenters. The van der Waals surface area contributed by atoms with Crippen molar-refractivity contribution in [1.82, 2.24) is 15.0 Å². The normalized spacial score (nSPS) is 11.6. The van der Waals surface area contributed by atoms with Crippen molar-refractivity contribution in [3.63, 3.8) is 0 Å². The Kier molecular flexibility index (Phi) is 3.47. The minimum absolute atomic E-state index is 0.0238. The molecule has 0 radical (unpaired) electrons. The van der Waals surface area contributed by atoms with Gasteiger partial charge in [-0.05, 0) is 24.6 Å². The number of rotatable bonds is 3. The minimum atomic E-state index is -4.42. The summed E-state index contributed by atoms with van der Waals surface area (Å²) in [6, 6.07) is 4.78. The highest BCUT2D eigenvalue weighted by Gasteiger charge is 2.30. The Hall–Kier alpha value is -2.38. The van der Waals surface area contributed by atoms with Gasteiger partial charge in [0.2, 0.25) is 0 Å². The summed E-state index contributed by atoms with van der Waals surface area (Å²) in [5, 5.41) is 15.9. The molecular weight excluding hydrogens is 275 g/mol. The Morgan fingerprint density at radius 1 is 1.40 bits per heavy atom. The van der Waals surface area contributed by atoms with E-state index in [1.165, 1.54) is 23.7 Å². The Morgan fingerprint density at radius 2 is 2.10 bits per heavy atom. The molecule has 2 aromatic rings. The number of carboxylic acids is 1. The molecule has 0 aliphatic heterocycles. The molecule has 0 fully saturated rings. The minimum Gasteiger partial charge on any atom is -0.476 e. The van der Waals surface area contributed by atoms with E-state index in [0.717, 1.165) is 12.1 Å². The van der Waals surface area contributed by atoms with Crippen LogP contribution in [-0.2, 0) is 12.7 Å². The van der Waals surface area contributed by atoms with E-state index in [4.69, 9.17) is 5.11 Å². The average molecular weight is 285 g/mol. The van der Waals surface area contributed by atoms with Crippen LogP contribution < -0.4 is 0 Å². The highest BCUT2D eigenvalue weighted by atomic mass is 19.4. The van der Waals surface area contributed by atoms with Crippen LogP contribution in [0.25, 0.3) is 0 Å². The van der Waals surface area contributed by atoms with Gasteiger partial charge in [0, 0.05) is 0 Å². The lowest BCUT2D eigenvalue weighted by molar-refractivity contribution is -0.137. The standard InChI is InChI=1S/C12H10F3N3O2/c1-7-10(11(19)20)16-17-18(7)6-8-3-2-4-9(5-8)12(13,14)15/h2-5H,6H2,1H3,(H,19,20). The number of aromatic nitrogens is 3. The number of hydrogen-bond acceptors (Lipinski definition) is 3. The van der Waals surface area contributed by atoms with Crippen molar-refractivity contribution in [1.29, 1.82) is 0 Å². The van der Waals surface area contributed by atoms with Crippen molar-refractivity contribution >= 4 is 5.97 Å². The van der Waals surface area contributed by atoms with E-state index in [1.807, 2.05) is 0 Å². The quantitative estimate of drug-likeness (QED) is 0.940. The molecule has 0 saturated heterocycles. The fraction of sp³-hybridized carbons (Fsp3) is 0.250. The molecule has 0 aliphatic carbocycles. The van der Waals surface area contributed by atoms with Crippen LogP contribution in [0.2, 0.25) is 0 Å². The van der Waals surface area contributed by atoms with Gasteiger partial charge in [-0.2, -0.15) is 13.2 Å². The summed E-state index contributed by atoms with van der Waals surface area (Å²) >= 11 is 0. The number of hydrogen-bond donors (Lipinski definition) is 1. The van der Waals surface area contributed by atoms with Gasteiger partial charge in [0.15, 0.2) is 5.69 Å². The molecule has 2 rings (SSSR count). The monoisotopic (exact) mass is 285 g/mol. The van der Waals surface area contributed by atoms with Gasteiger partial charge in [-0.3, -0.25) is 0 Å². The molecule has 20 heavy (non-hydrogen) atoms. The maximum Gasteiger partial charge on any atom is 0.416 e. The van der Waals surface area contributed by atoms with Gasteiger partial charge in [0.1, 0.15) is 0 Å². The summed E-state index contributed by atoms with van der Waals surface area (Å²) in [5.41, 5.74) is -0.317. The van der Waals surface area contributed by atoms with Gasteiger partial charge in [-0.1, -0.05) is 17.3 Å². The maximum absolute atomic E-state index is 12.6. The summed E-state index contributed by atoms with van der Waals surface area (Å²) in [4.78, 5) is 10.8. The highest BCUT2D eigenvalue weighted by Crippen LogP contribution is 2.29. The second kappa shape index (κ2) is 4.95. The van der Waals surface area contributed by atoms with Crippen molar-refractivity contribution < 1.29 is 23.1 Å². The van der Waals surface area contributed by atoms with Crippen molar-refractivity contribution in [2.45, 2.75) is 19.6 Å². The molecule has 8 heteroatoms. The van der Waals surface area contributed by atoms with Gasteiger partial charge < -0.3 is 5.11 Å². The summed E-state index contributed by atoms with van der Waals surface area (Å²) < 4.78 is 39.0. The molecule has 0 spiro atoms. The first-order chi connectivity index (χ1) is 9.29. The molecular formula is C12H10F3N3O2. The lowest BCUT2D eigenvalue weighted by atomic mass is 10.1. The van der Waals surface area contributed by atoms with Crippen LogP contribution in [0, 0.1) is 6.92 Å². The highest BCUT2D eigenvalue weighted by molar-refractivity contribution is 5.86. The predicted molar refractivity (Wildman–Crippen MR) is 62.3 cm³/mol. The first-order valence-corrected chi connectivity index (χ1v) is 5.58. The Morgan fingerprint density at radius 3 is 2.65 bits per heavy atom. The zero-order valence-corrected chi connectivity index (χ0v) is 10.3. The van der Waals surface area contributed by atoms with Crippen LogP contribution in [0.3, 0.4) is 0 Å². The van der Waals surface area contributed by atoms with E-state index < -0.39 is 17.7 Å². The van der Waals surface area contributed by atoms with Crippen LogP contribution in [0.1, 0.15) is 27.3 Å². The zero-order chi connectivity index (χ0) is 14.9. The van der Waals surface area contributed by atoms with Crippen LogP contribution in [0.4, 0.5) is 13.2 Å². The summed E-state index contributed by atoms with van der Waals surface area (Å²) in [6.07, 6.45) is -4.42. The molecule has 0 bridgehead atoms. The molecule has 1 heterocycles. The molecule has 1 aromatic carbocycles. The number of carboxylic acid groups (broad SMARTS) is 1. The number of halogens is 3. The summed E-state index contributed by atoms with van der Waals surface area (Å²) in [7, 11) is 0. The van der Waals surface area contributed by atoms with E-state index in [-0.39, 0.29) is 17.9 Å². The smallest absolute Gasteiger partial charge is 0.416 e. The van der Waals surface area contributed by atoms with Crippen molar-refractivity contribution in [2.75, 3.05) is 0 Å². The summed E-state index contributed by atoms with van der Waals surface area (Å²) in [6.45, 7) is 1.52. The van der Waals surface area contributed by atoms with E-state index in [2.05, 4.69) is 10.3 Å². The van der Waals surface area contributed by atoms with Crippen LogP contribution in [0.15, 0.2) is 24.3 Å². The zero-order valence-electron chi connectivity index (χ0n) is 10.3. The average Bonchev–Trinajstić information content (AvgIpc) is 2.70. The second-order valence-electron chi connectivity index (χ2n) is 4.18. The number of aromatic carboxylic acids is 1. The Bertz CT molecular complexity index is 650. The third-order valence-corrected chi connectivity index (χ3v) is 2.77. The fourth-order valence-corrected chi connectivity index (χ4v) is 1.73. The molecule has 5 nitrogen and oxygen atoms in total. The van der Waals surface area contributed by atoms with Crippen molar-refractivity contribution in [2.24, 2.45) is 0 Å². The first-order valence-electron chi connectivity index (χ1n) is 5.58. The van der Waals surface area contributed by atoms with Gasteiger partial charge in [0.25, 0.3) is 0 Å². The molecule has 1 N–H and O–H groups in total. The molecule has 1 aromatic heterocycles. The SMILES string of the molecule is Cc1c(C(=O)O)nnn1Cc1cccc(C(F)(F)F)c1. The Balaban J connectivity index is 2.29. The van der Waals surface area contributed by atoms with Crippen molar-refractivity contribution in [3.05, 3.63) is 46.8 Å². The molecule has 0 atom stereocenters. The largest absolute Gasteiger partial charge is 0.476 e. The van der Waals surface area contributed by atoms with Crippen LogP contribution >= 0.6 is 0 Å². The van der Waals surface area contributed by atoms with Crippen LogP contribution in [-0.4, -0.2) is 26.1 Å². The molecule has 0 saturated carbocycles. The number of benzene rings is 1. The number of alkyl halides is 3. The predicted octanol–water partition coefficient (Wildman–Crippen LogP) is 2.35. The van der Waals surface area contributed by atoms with E-state index in [0.29, 0.717) is 5.56 Å².